The lowest BCUT2D eigenvalue weighted by Crippen LogP contribution is -2.44. The van der Waals surface area contributed by atoms with E-state index in [9.17, 15) is 9.18 Å². The molecular formula is C22H23FN6O. The number of imidazole rings is 1. The van der Waals surface area contributed by atoms with Gasteiger partial charge in [0.2, 0.25) is 0 Å². The number of aromatic nitrogens is 3. The Morgan fingerprint density at radius 1 is 1.20 bits per heavy atom. The molecule has 0 spiro atoms. The van der Waals surface area contributed by atoms with Crippen molar-refractivity contribution in [2.24, 2.45) is 0 Å². The van der Waals surface area contributed by atoms with Crippen LogP contribution in [0.1, 0.15) is 16.1 Å². The number of H-pyrrole nitrogens is 1. The lowest BCUT2D eigenvalue weighted by molar-refractivity contribution is 0.102. The van der Waals surface area contributed by atoms with Crippen LogP contribution in [0.15, 0.2) is 42.9 Å². The molecule has 7 nitrogen and oxygen atoms in total. The highest BCUT2D eigenvalue weighted by molar-refractivity contribution is 6.06. The summed E-state index contributed by atoms with van der Waals surface area (Å²) in [5.74, 6) is -0.656. The van der Waals surface area contributed by atoms with E-state index in [-0.39, 0.29) is 11.7 Å². The van der Waals surface area contributed by atoms with Crippen LogP contribution >= 0.6 is 0 Å². The Balaban J connectivity index is 1.47. The van der Waals surface area contributed by atoms with Crippen LogP contribution in [0.2, 0.25) is 0 Å². The Morgan fingerprint density at radius 3 is 2.77 bits per heavy atom. The number of pyridine rings is 1. The van der Waals surface area contributed by atoms with Crippen molar-refractivity contribution in [3.8, 4) is 0 Å². The SMILES string of the molecule is Cc1ccc(F)c2cc(C(=O)Nc3cc(N4CCN(C)CC4)c4nccn4c3)[nH]c12. The minimum atomic E-state index is -0.344. The van der Waals surface area contributed by atoms with E-state index in [1.54, 1.807) is 18.3 Å². The van der Waals surface area contributed by atoms with Crippen LogP contribution in [0.3, 0.4) is 0 Å². The van der Waals surface area contributed by atoms with E-state index >= 15 is 0 Å². The van der Waals surface area contributed by atoms with E-state index < -0.39 is 0 Å². The molecule has 1 aliphatic rings. The van der Waals surface area contributed by atoms with Crippen LogP contribution < -0.4 is 10.2 Å². The number of aromatic amines is 1. The second-order valence-electron chi connectivity index (χ2n) is 7.85. The lowest BCUT2D eigenvalue weighted by Gasteiger charge is -2.34. The van der Waals surface area contributed by atoms with E-state index in [2.05, 4.69) is 32.1 Å². The van der Waals surface area contributed by atoms with Crippen molar-refractivity contribution >= 4 is 33.8 Å². The van der Waals surface area contributed by atoms with Gasteiger partial charge in [-0.15, -0.1) is 0 Å². The Hall–Kier alpha value is -3.39. The van der Waals surface area contributed by atoms with Gasteiger partial charge in [0.15, 0.2) is 5.65 Å². The van der Waals surface area contributed by atoms with Gasteiger partial charge in [0.1, 0.15) is 11.5 Å². The number of nitrogens with zero attached hydrogens (tertiary/aromatic N) is 4. The molecule has 4 aromatic rings. The molecule has 0 atom stereocenters. The molecule has 0 radical (unpaired) electrons. The second kappa shape index (κ2) is 7.14. The fourth-order valence-electron chi connectivity index (χ4n) is 4.01. The van der Waals surface area contributed by atoms with Gasteiger partial charge in [0.05, 0.1) is 16.9 Å². The normalized spacial score (nSPS) is 15.2. The summed E-state index contributed by atoms with van der Waals surface area (Å²) >= 11 is 0. The van der Waals surface area contributed by atoms with Crippen molar-refractivity contribution in [1.29, 1.82) is 0 Å². The number of amides is 1. The summed E-state index contributed by atoms with van der Waals surface area (Å²) in [5, 5.41) is 3.37. The number of hydrogen-bond acceptors (Lipinski definition) is 4. The highest BCUT2D eigenvalue weighted by Crippen LogP contribution is 2.27. The van der Waals surface area contributed by atoms with E-state index in [1.807, 2.05) is 29.8 Å². The fraction of sp³-hybridized carbons (Fsp3) is 0.273. The van der Waals surface area contributed by atoms with Crippen LogP contribution in [0.5, 0.6) is 0 Å². The predicted octanol–water partition coefficient (Wildman–Crippen LogP) is 3.27. The van der Waals surface area contributed by atoms with Crippen molar-refractivity contribution in [2.75, 3.05) is 43.4 Å². The van der Waals surface area contributed by atoms with Gasteiger partial charge in [-0.3, -0.25) is 4.79 Å². The molecule has 1 saturated heterocycles. The first kappa shape index (κ1) is 18.6. The van der Waals surface area contributed by atoms with Gasteiger partial charge in [0.25, 0.3) is 5.91 Å². The molecule has 5 rings (SSSR count). The maximum Gasteiger partial charge on any atom is 0.272 e. The van der Waals surface area contributed by atoms with Crippen LogP contribution in [0.25, 0.3) is 16.6 Å². The Kier molecular flexibility index (Phi) is 4.43. The number of piperazine rings is 1. The first-order valence-electron chi connectivity index (χ1n) is 9.99. The lowest BCUT2D eigenvalue weighted by atomic mass is 10.1. The number of anilines is 2. The summed E-state index contributed by atoms with van der Waals surface area (Å²) in [6.45, 7) is 5.64. The molecular weight excluding hydrogens is 383 g/mol. The molecule has 0 saturated carbocycles. The number of carbonyl (C=O) groups excluding carboxylic acids is 1. The van der Waals surface area contributed by atoms with Gasteiger partial charge in [-0.2, -0.15) is 0 Å². The summed E-state index contributed by atoms with van der Waals surface area (Å²) in [6, 6.07) is 6.64. The largest absolute Gasteiger partial charge is 0.366 e. The molecule has 4 heterocycles. The minimum Gasteiger partial charge on any atom is -0.366 e. The van der Waals surface area contributed by atoms with Crippen LogP contribution in [-0.2, 0) is 0 Å². The van der Waals surface area contributed by atoms with Gasteiger partial charge in [-0.1, -0.05) is 6.07 Å². The fourth-order valence-corrected chi connectivity index (χ4v) is 4.01. The molecule has 8 heteroatoms. The molecule has 0 bridgehead atoms. The van der Waals surface area contributed by atoms with E-state index in [4.69, 9.17) is 0 Å². The number of benzene rings is 1. The molecule has 154 valence electrons. The van der Waals surface area contributed by atoms with Gasteiger partial charge in [0, 0.05) is 50.2 Å². The van der Waals surface area contributed by atoms with Crippen LogP contribution in [0, 0.1) is 12.7 Å². The third-order valence-electron chi connectivity index (χ3n) is 5.76. The number of halogens is 1. The average molecular weight is 406 g/mol. The third kappa shape index (κ3) is 3.19. The predicted molar refractivity (Wildman–Crippen MR) is 116 cm³/mol. The molecule has 1 aliphatic heterocycles. The molecule has 30 heavy (non-hydrogen) atoms. The molecule has 2 N–H and O–H groups in total. The first-order chi connectivity index (χ1) is 14.5. The zero-order valence-corrected chi connectivity index (χ0v) is 16.9. The van der Waals surface area contributed by atoms with E-state index in [0.717, 1.165) is 43.1 Å². The molecule has 1 amide bonds. The highest BCUT2D eigenvalue weighted by Gasteiger charge is 2.19. The summed E-state index contributed by atoms with van der Waals surface area (Å²) in [7, 11) is 2.12. The number of likely N-dealkylation sites (N-methyl/N-ethyl adjacent to an activating group) is 1. The second-order valence-corrected chi connectivity index (χ2v) is 7.85. The number of rotatable bonds is 3. The topological polar surface area (TPSA) is 68.7 Å². The van der Waals surface area contributed by atoms with Crippen LogP contribution in [-0.4, -0.2) is 58.4 Å². The molecule has 3 aromatic heterocycles. The molecule has 1 aromatic carbocycles. The van der Waals surface area contributed by atoms with Crippen molar-refractivity contribution in [3.05, 3.63) is 59.9 Å². The number of fused-ring (bicyclic) bond motifs is 2. The number of hydrogen-bond donors (Lipinski definition) is 2. The number of carbonyl (C=O) groups is 1. The van der Waals surface area contributed by atoms with E-state index in [1.165, 1.54) is 6.07 Å². The quantitative estimate of drug-likeness (QED) is 0.548. The van der Waals surface area contributed by atoms with Crippen molar-refractivity contribution in [2.45, 2.75) is 6.92 Å². The van der Waals surface area contributed by atoms with Crippen molar-refractivity contribution < 1.29 is 9.18 Å². The van der Waals surface area contributed by atoms with Gasteiger partial charge >= 0.3 is 0 Å². The third-order valence-corrected chi connectivity index (χ3v) is 5.76. The van der Waals surface area contributed by atoms with Crippen LogP contribution in [0.4, 0.5) is 15.8 Å². The number of aryl methyl sites for hydroxylation is 1. The van der Waals surface area contributed by atoms with Gasteiger partial charge < -0.3 is 24.5 Å². The molecule has 1 fully saturated rings. The maximum atomic E-state index is 14.1. The Labute approximate surface area is 173 Å². The minimum absolute atomic E-state index is 0.311. The number of nitrogens with one attached hydrogen (secondary N) is 2. The van der Waals surface area contributed by atoms with Gasteiger partial charge in [-0.05, 0) is 37.7 Å². The van der Waals surface area contributed by atoms with Crippen molar-refractivity contribution in [3.63, 3.8) is 0 Å². The Morgan fingerprint density at radius 2 is 2.00 bits per heavy atom. The Bertz CT molecular complexity index is 1210. The highest BCUT2D eigenvalue weighted by atomic mass is 19.1. The molecule has 0 aliphatic carbocycles. The summed E-state index contributed by atoms with van der Waals surface area (Å²) in [4.78, 5) is 25.0. The standard InChI is InChI=1S/C22H23FN6O/c1-14-3-4-17(23)16-12-18(26-20(14)16)22(30)25-15-11-19(21-24-5-6-29(21)13-15)28-9-7-27(2)8-10-28/h3-6,11-13,26H,7-10H2,1-2H3,(H,25,30). The van der Waals surface area contributed by atoms with E-state index in [0.29, 0.717) is 22.3 Å². The maximum absolute atomic E-state index is 14.1. The zero-order chi connectivity index (χ0) is 20.8. The average Bonchev–Trinajstić information content (AvgIpc) is 3.39. The summed E-state index contributed by atoms with van der Waals surface area (Å²) in [5.41, 5.74) is 4.37. The summed E-state index contributed by atoms with van der Waals surface area (Å²) in [6.07, 6.45) is 5.46. The first-order valence-corrected chi connectivity index (χ1v) is 9.99. The summed E-state index contributed by atoms with van der Waals surface area (Å²) < 4.78 is 16.0. The zero-order valence-electron chi connectivity index (χ0n) is 16.9. The van der Waals surface area contributed by atoms with Crippen molar-refractivity contribution in [1.82, 2.24) is 19.3 Å². The smallest absolute Gasteiger partial charge is 0.272 e. The van der Waals surface area contributed by atoms with Gasteiger partial charge in [-0.25, -0.2) is 9.37 Å². The molecule has 0 unspecified atom stereocenters. The monoisotopic (exact) mass is 406 g/mol.